The van der Waals surface area contributed by atoms with Crippen molar-refractivity contribution < 1.29 is 27.5 Å². The zero-order valence-corrected chi connectivity index (χ0v) is 15.7. The van der Waals surface area contributed by atoms with Gasteiger partial charge in [-0.1, -0.05) is 0 Å². The van der Waals surface area contributed by atoms with E-state index in [1.54, 1.807) is 16.7 Å². The van der Waals surface area contributed by atoms with Gasteiger partial charge in [0, 0.05) is 32.2 Å². The Morgan fingerprint density at radius 1 is 1.12 bits per heavy atom. The topological polar surface area (TPSA) is 96.5 Å². The summed E-state index contributed by atoms with van der Waals surface area (Å²) in [7, 11) is -3.53. The molecule has 0 aromatic carbocycles. The van der Waals surface area contributed by atoms with Crippen molar-refractivity contribution in [3.8, 4) is 0 Å². The third kappa shape index (κ3) is 5.55. The van der Waals surface area contributed by atoms with Crippen molar-refractivity contribution >= 4 is 22.0 Å². The quantitative estimate of drug-likeness (QED) is 0.654. The van der Waals surface area contributed by atoms with Crippen molar-refractivity contribution in [3.63, 3.8) is 0 Å². The molecule has 0 aromatic heterocycles. The van der Waals surface area contributed by atoms with Crippen molar-refractivity contribution in [2.45, 2.75) is 25.8 Å². The van der Waals surface area contributed by atoms with Gasteiger partial charge < -0.3 is 19.3 Å². The Balaban J connectivity index is 1.97. The highest BCUT2D eigenvalue weighted by molar-refractivity contribution is 7.88. The number of hydrogen-bond acceptors (Lipinski definition) is 6. The zero-order valence-electron chi connectivity index (χ0n) is 14.8. The number of rotatable bonds is 5. The largest absolute Gasteiger partial charge is 0.450 e. The van der Waals surface area contributed by atoms with Crippen molar-refractivity contribution in [1.82, 2.24) is 14.1 Å². The number of carbonyl (C=O) groups excluding carboxylic acids is 2. The first-order valence-electron chi connectivity index (χ1n) is 8.57. The predicted molar refractivity (Wildman–Crippen MR) is 90.6 cm³/mol. The second-order valence-electron chi connectivity index (χ2n) is 6.22. The van der Waals surface area contributed by atoms with E-state index in [1.165, 1.54) is 4.31 Å². The number of ether oxygens (including phenoxy) is 2. The third-order valence-corrected chi connectivity index (χ3v) is 5.76. The average molecular weight is 377 g/mol. The van der Waals surface area contributed by atoms with E-state index >= 15 is 0 Å². The van der Waals surface area contributed by atoms with Crippen molar-refractivity contribution in [3.05, 3.63) is 0 Å². The van der Waals surface area contributed by atoms with Gasteiger partial charge in [-0.25, -0.2) is 13.2 Å². The zero-order chi connectivity index (χ0) is 18.4. The maximum atomic E-state index is 12.4. The minimum atomic E-state index is -3.53. The summed E-state index contributed by atoms with van der Waals surface area (Å²) in [5.74, 6) is -0.207. The van der Waals surface area contributed by atoms with Crippen LogP contribution in [0.25, 0.3) is 0 Å². The Hall–Kier alpha value is -1.39. The Bertz CT molecular complexity index is 568. The first kappa shape index (κ1) is 19.9. The molecule has 0 spiro atoms. The highest BCUT2D eigenvalue weighted by atomic mass is 32.2. The van der Waals surface area contributed by atoms with E-state index in [9.17, 15) is 18.0 Å². The van der Waals surface area contributed by atoms with Crippen LogP contribution in [-0.4, -0.2) is 99.4 Å². The van der Waals surface area contributed by atoms with Crippen molar-refractivity contribution in [1.29, 1.82) is 0 Å². The summed E-state index contributed by atoms with van der Waals surface area (Å²) in [5, 5.41) is 0. The lowest BCUT2D eigenvalue weighted by molar-refractivity contribution is -0.135. The minimum absolute atomic E-state index is 0.164. The lowest BCUT2D eigenvalue weighted by Gasteiger charge is -2.37. The fourth-order valence-electron chi connectivity index (χ4n) is 3.11. The summed E-state index contributed by atoms with van der Waals surface area (Å²) >= 11 is 0. The molecule has 0 bridgehead atoms. The van der Waals surface area contributed by atoms with E-state index < -0.39 is 10.0 Å². The van der Waals surface area contributed by atoms with Crippen LogP contribution in [0.2, 0.25) is 0 Å². The average Bonchev–Trinajstić information content (AvgIpc) is 2.59. The molecule has 2 aliphatic heterocycles. The number of amides is 2. The molecule has 2 amide bonds. The maximum Gasteiger partial charge on any atom is 0.409 e. The van der Waals surface area contributed by atoms with Gasteiger partial charge in [0.15, 0.2) is 0 Å². The first-order chi connectivity index (χ1) is 11.8. The molecular formula is C15H27N3O6S. The molecule has 2 saturated heterocycles. The highest BCUT2D eigenvalue weighted by Crippen LogP contribution is 2.20. The molecule has 0 radical (unpaired) electrons. The molecule has 0 N–H and O–H groups in total. The number of carbonyl (C=O) groups is 2. The lowest BCUT2D eigenvalue weighted by Crippen LogP contribution is -2.53. The number of hydrogen-bond donors (Lipinski definition) is 0. The second-order valence-corrected chi connectivity index (χ2v) is 8.15. The van der Waals surface area contributed by atoms with Gasteiger partial charge in [-0.05, 0) is 19.8 Å². The van der Waals surface area contributed by atoms with Gasteiger partial charge in [-0.2, -0.15) is 4.31 Å². The van der Waals surface area contributed by atoms with Gasteiger partial charge >= 0.3 is 6.09 Å². The molecular weight excluding hydrogens is 350 g/mol. The van der Waals surface area contributed by atoms with Crippen LogP contribution in [0.1, 0.15) is 19.8 Å². The summed E-state index contributed by atoms with van der Waals surface area (Å²) < 4.78 is 35.8. The summed E-state index contributed by atoms with van der Waals surface area (Å²) in [6.07, 6.45) is 1.72. The van der Waals surface area contributed by atoms with Crippen LogP contribution in [0.15, 0.2) is 0 Å². The number of likely N-dealkylation sites (tertiary alicyclic amines) is 1. The van der Waals surface area contributed by atoms with Crippen LogP contribution < -0.4 is 0 Å². The normalized spacial score (nSPS) is 20.0. The summed E-state index contributed by atoms with van der Waals surface area (Å²) in [6.45, 7) is 4.64. The summed E-state index contributed by atoms with van der Waals surface area (Å²) in [5.41, 5.74) is 0. The summed E-state index contributed by atoms with van der Waals surface area (Å²) in [4.78, 5) is 27.4. The SMILES string of the molecule is CCOC(=O)N1CCC(N(CC(=O)N2CCOCC2)S(C)(=O)=O)CC1. The number of sulfonamides is 1. The number of piperidine rings is 1. The van der Waals surface area contributed by atoms with Crippen molar-refractivity contribution in [2.24, 2.45) is 0 Å². The van der Waals surface area contributed by atoms with E-state index in [0.29, 0.717) is 58.8 Å². The predicted octanol–water partition coefficient (Wildman–Crippen LogP) is -0.272. The van der Waals surface area contributed by atoms with E-state index in [0.717, 1.165) is 6.26 Å². The number of nitrogens with zero attached hydrogens (tertiary/aromatic N) is 3. The number of morpholine rings is 1. The van der Waals surface area contributed by atoms with E-state index in [4.69, 9.17) is 9.47 Å². The Kier molecular flexibility index (Phi) is 7.03. The van der Waals surface area contributed by atoms with Gasteiger partial charge in [0.05, 0.1) is 32.6 Å². The van der Waals surface area contributed by atoms with Gasteiger partial charge in [-0.3, -0.25) is 4.79 Å². The molecule has 2 rings (SSSR count). The van der Waals surface area contributed by atoms with Crippen LogP contribution in [0.4, 0.5) is 4.79 Å². The standard InChI is InChI=1S/C15H27N3O6S/c1-3-24-15(20)17-6-4-13(5-7-17)18(25(2,21)22)12-14(19)16-8-10-23-11-9-16/h13H,3-12H2,1-2H3. The molecule has 25 heavy (non-hydrogen) atoms. The molecule has 10 heteroatoms. The van der Waals surface area contributed by atoms with E-state index in [-0.39, 0.29) is 24.6 Å². The molecule has 0 atom stereocenters. The molecule has 9 nitrogen and oxygen atoms in total. The molecule has 0 aromatic rings. The van der Waals surface area contributed by atoms with Crippen molar-refractivity contribution in [2.75, 3.05) is 58.8 Å². The Morgan fingerprint density at radius 2 is 1.72 bits per heavy atom. The fraction of sp³-hybridized carbons (Fsp3) is 0.867. The molecule has 2 fully saturated rings. The monoisotopic (exact) mass is 377 g/mol. The maximum absolute atomic E-state index is 12.4. The first-order valence-corrected chi connectivity index (χ1v) is 10.4. The lowest BCUT2D eigenvalue weighted by atomic mass is 10.1. The molecule has 0 unspecified atom stereocenters. The smallest absolute Gasteiger partial charge is 0.409 e. The second kappa shape index (κ2) is 8.81. The third-order valence-electron chi connectivity index (χ3n) is 4.48. The van der Waals surface area contributed by atoms with E-state index in [2.05, 4.69) is 0 Å². The molecule has 2 heterocycles. The van der Waals surface area contributed by atoms with Crippen LogP contribution >= 0.6 is 0 Å². The van der Waals surface area contributed by atoms with Gasteiger partial charge in [0.25, 0.3) is 0 Å². The van der Waals surface area contributed by atoms with Crippen LogP contribution in [-0.2, 0) is 24.3 Å². The van der Waals surface area contributed by atoms with E-state index in [1.807, 2.05) is 0 Å². The minimum Gasteiger partial charge on any atom is -0.450 e. The van der Waals surface area contributed by atoms with Crippen LogP contribution in [0.5, 0.6) is 0 Å². The van der Waals surface area contributed by atoms with Gasteiger partial charge in [-0.15, -0.1) is 0 Å². The van der Waals surface area contributed by atoms with Crippen LogP contribution in [0.3, 0.4) is 0 Å². The molecule has 0 saturated carbocycles. The van der Waals surface area contributed by atoms with Gasteiger partial charge in [0.1, 0.15) is 0 Å². The Morgan fingerprint density at radius 3 is 2.24 bits per heavy atom. The Labute approximate surface area is 148 Å². The fourth-order valence-corrected chi connectivity index (χ4v) is 4.21. The highest BCUT2D eigenvalue weighted by Gasteiger charge is 2.34. The van der Waals surface area contributed by atoms with Gasteiger partial charge in [0.2, 0.25) is 15.9 Å². The summed E-state index contributed by atoms with van der Waals surface area (Å²) in [6, 6.07) is -0.286. The molecule has 2 aliphatic rings. The molecule has 0 aliphatic carbocycles. The molecule has 144 valence electrons. The van der Waals surface area contributed by atoms with Crippen LogP contribution in [0, 0.1) is 0 Å².